The number of thiazole rings is 1. The third kappa shape index (κ3) is 4.55. The van der Waals surface area contributed by atoms with Crippen molar-refractivity contribution in [1.82, 2.24) is 15.2 Å². The van der Waals surface area contributed by atoms with Crippen LogP contribution in [0.2, 0.25) is 0 Å². The zero-order chi connectivity index (χ0) is 21.8. The van der Waals surface area contributed by atoms with Crippen LogP contribution in [-0.4, -0.2) is 41.5 Å². The monoisotopic (exact) mass is 439 g/mol. The summed E-state index contributed by atoms with van der Waals surface area (Å²) in [6.45, 7) is 5.54. The molecule has 0 aliphatic carbocycles. The van der Waals surface area contributed by atoms with Crippen LogP contribution in [0.15, 0.2) is 42.5 Å². The first-order valence-corrected chi connectivity index (χ1v) is 11.2. The van der Waals surface area contributed by atoms with Crippen LogP contribution >= 0.6 is 11.3 Å². The van der Waals surface area contributed by atoms with Crippen LogP contribution in [-0.2, 0) is 4.74 Å². The number of methoxy groups -OCH3 is 1. The first-order chi connectivity index (χ1) is 15.1. The summed E-state index contributed by atoms with van der Waals surface area (Å²) < 4.78 is 20.8. The van der Waals surface area contributed by atoms with Gasteiger partial charge in [0.25, 0.3) is 0 Å². The Labute approximate surface area is 184 Å². The molecule has 162 valence electrons. The molecule has 0 aliphatic rings. The normalized spacial score (nSPS) is 12.3. The maximum atomic E-state index is 14.6. The van der Waals surface area contributed by atoms with Crippen molar-refractivity contribution in [3.63, 3.8) is 0 Å². The van der Waals surface area contributed by atoms with Gasteiger partial charge in [-0.2, -0.15) is 5.10 Å². The fourth-order valence-electron chi connectivity index (χ4n) is 3.50. The highest BCUT2D eigenvalue weighted by molar-refractivity contribution is 7.22. The predicted octanol–water partition coefficient (Wildman–Crippen LogP) is 5.76. The highest BCUT2D eigenvalue weighted by Crippen LogP contribution is 2.39. The number of nitrogens with zero attached hydrogens (tertiary/aromatic N) is 2. The summed E-state index contributed by atoms with van der Waals surface area (Å²) in [5.41, 5.74) is 3.89. The third-order valence-electron chi connectivity index (χ3n) is 4.92. The largest absolute Gasteiger partial charge is 0.383 e. The van der Waals surface area contributed by atoms with Gasteiger partial charge in [0.15, 0.2) is 10.9 Å². The number of hydrogen-bond acceptors (Lipinski definition) is 6. The van der Waals surface area contributed by atoms with E-state index in [1.165, 1.54) is 6.07 Å². The molecule has 4 aromatic rings. The number of halogens is 1. The first-order valence-electron chi connectivity index (χ1n) is 10.3. The van der Waals surface area contributed by atoms with Gasteiger partial charge in [-0.15, -0.1) is 0 Å². The van der Waals surface area contributed by atoms with Crippen molar-refractivity contribution in [1.29, 1.82) is 0 Å². The summed E-state index contributed by atoms with van der Waals surface area (Å²) in [4.78, 5) is 4.68. The highest BCUT2D eigenvalue weighted by atomic mass is 32.1. The number of hydrogen-bond donors (Lipinski definition) is 3. The topological polar surface area (TPSA) is 74.9 Å². The lowest BCUT2D eigenvalue weighted by Crippen LogP contribution is -2.20. The maximum absolute atomic E-state index is 14.6. The molecule has 0 aliphatic heterocycles. The third-order valence-corrected chi connectivity index (χ3v) is 5.86. The van der Waals surface area contributed by atoms with Gasteiger partial charge in [-0.25, -0.2) is 9.37 Å². The molecule has 2 aromatic heterocycles. The van der Waals surface area contributed by atoms with Crippen LogP contribution in [0.25, 0.3) is 32.6 Å². The lowest BCUT2D eigenvalue weighted by molar-refractivity contribution is 0.190. The minimum absolute atomic E-state index is 0.163. The summed E-state index contributed by atoms with van der Waals surface area (Å²) >= 11 is 1.59. The molecule has 0 fully saturated rings. The van der Waals surface area contributed by atoms with Crippen molar-refractivity contribution in [3.8, 4) is 22.4 Å². The van der Waals surface area contributed by atoms with Gasteiger partial charge in [0.05, 0.1) is 28.1 Å². The van der Waals surface area contributed by atoms with E-state index in [2.05, 4.69) is 45.7 Å². The van der Waals surface area contributed by atoms with Crippen LogP contribution in [0.1, 0.15) is 20.3 Å². The van der Waals surface area contributed by atoms with Crippen molar-refractivity contribution in [2.45, 2.75) is 26.3 Å². The van der Waals surface area contributed by atoms with E-state index in [4.69, 9.17) is 4.74 Å². The Morgan fingerprint density at radius 3 is 2.84 bits per heavy atom. The summed E-state index contributed by atoms with van der Waals surface area (Å²) in [7, 11) is 1.69. The minimum Gasteiger partial charge on any atom is -0.383 e. The van der Waals surface area contributed by atoms with E-state index in [0.717, 1.165) is 45.3 Å². The van der Waals surface area contributed by atoms with Crippen LogP contribution in [0.5, 0.6) is 0 Å². The van der Waals surface area contributed by atoms with Gasteiger partial charge >= 0.3 is 0 Å². The number of H-pyrrole nitrogens is 1. The van der Waals surface area contributed by atoms with Gasteiger partial charge in [0.2, 0.25) is 0 Å². The van der Waals surface area contributed by atoms with Crippen molar-refractivity contribution < 1.29 is 9.13 Å². The fraction of sp³-hybridized carbons (Fsp3) is 0.304. The summed E-state index contributed by atoms with van der Waals surface area (Å²) in [6.07, 6.45) is 0.962. The molecule has 0 amide bonds. The molecular weight excluding hydrogens is 413 g/mol. The Bertz CT molecular complexity index is 1170. The molecule has 31 heavy (non-hydrogen) atoms. The second kappa shape index (κ2) is 9.45. The Balaban J connectivity index is 1.77. The summed E-state index contributed by atoms with van der Waals surface area (Å²) in [5.74, 6) is 0.433. The second-order valence-corrected chi connectivity index (χ2v) is 8.46. The fourth-order valence-corrected chi connectivity index (χ4v) is 4.51. The molecule has 0 saturated carbocycles. The SMILES string of the molecule is CCCNc1n[nH]c(-c2ccccc2F)c1-c1ccc2nc(N[C@@H](C)COC)sc2c1. The molecule has 0 bridgehead atoms. The van der Waals surface area contributed by atoms with Gasteiger partial charge in [0.1, 0.15) is 5.82 Å². The molecule has 0 spiro atoms. The highest BCUT2D eigenvalue weighted by Gasteiger charge is 2.20. The Morgan fingerprint density at radius 2 is 2.06 bits per heavy atom. The molecule has 4 rings (SSSR count). The number of nitrogens with one attached hydrogen (secondary N) is 3. The summed E-state index contributed by atoms with van der Waals surface area (Å²) in [6, 6.07) is 13.0. The van der Waals surface area contributed by atoms with Crippen LogP contribution < -0.4 is 10.6 Å². The van der Waals surface area contributed by atoms with E-state index < -0.39 is 0 Å². The van der Waals surface area contributed by atoms with Crippen LogP contribution in [0.3, 0.4) is 0 Å². The minimum atomic E-state index is -0.285. The first kappa shape index (κ1) is 21.3. The molecule has 3 N–H and O–H groups in total. The van der Waals surface area contributed by atoms with E-state index in [9.17, 15) is 4.39 Å². The van der Waals surface area contributed by atoms with Crippen LogP contribution in [0, 0.1) is 5.82 Å². The van der Waals surface area contributed by atoms with Gasteiger partial charge in [-0.05, 0) is 43.2 Å². The summed E-state index contributed by atoms with van der Waals surface area (Å²) in [5, 5.41) is 15.1. The van der Waals surface area contributed by atoms with Crippen molar-refractivity contribution in [2.24, 2.45) is 0 Å². The predicted molar refractivity (Wildman–Crippen MR) is 126 cm³/mol. The van der Waals surface area contributed by atoms with Gasteiger partial charge in [-0.3, -0.25) is 5.10 Å². The van der Waals surface area contributed by atoms with E-state index in [1.807, 2.05) is 18.2 Å². The Kier molecular flexibility index (Phi) is 6.48. The van der Waals surface area contributed by atoms with Crippen LogP contribution in [0.4, 0.5) is 15.3 Å². The standard InChI is InChI=1S/C23H26FN5OS/c1-4-11-25-22-20(21(28-29-22)16-7-5-6-8-17(16)24)15-9-10-18-19(12-15)31-23(27-18)26-14(2)13-30-3/h5-10,12,14H,4,11,13H2,1-3H3,(H,26,27)(H2,25,28,29)/t14-/m0/s1. The van der Waals surface area contributed by atoms with Gasteiger partial charge in [0, 0.05) is 25.3 Å². The zero-order valence-corrected chi connectivity index (χ0v) is 18.6. The number of benzene rings is 2. The van der Waals surface area contributed by atoms with E-state index in [1.54, 1.807) is 30.6 Å². The van der Waals surface area contributed by atoms with Gasteiger partial charge < -0.3 is 15.4 Å². The molecule has 2 aromatic carbocycles. The Hall–Kier alpha value is -2.97. The molecular formula is C23H26FN5OS. The van der Waals surface area contributed by atoms with E-state index in [-0.39, 0.29) is 11.9 Å². The molecule has 0 saturated heterocycles. The Morgan fingerprint density at radius 1 is 1.23 bits per heavy atom. The molecule has 8 heteroatoms. The maximum Gasteiger partial charge on any atom is 0.184 e. The zero-order valence-electron chi connectivity index (χ0n) is 17.8. The van der Waals surface area contributed by atoms with E-state index >= 15 is 0 Å². The van der Waals surface area contributed by atoms with Gasteiger partial charge in [-0.1, -0.05) is 36.5 Å². The quantitative estimate of drug-likeness (QED) is 0.309. The van der Waals surface area contributed by atoms with Crippen molar-refractivity contribution >= 4 is 32.5 Å². The molecule has 6 nitrogen and oxygen atoms in total. The molecule has 0 radical (unpaired) electrons. The number of aromatic amines is 1. The number of ether oxygens (including phenoxy) is 1. The smallest absolute Gasteiger partial charge is 0.184 e. The number of aromatic nitrogens is 3. The average Bonchev–Trinajstić information content (AvgIpc) is 3.35. The molecule has 2 heterocycles. The second-order valence-electron chi connectivity index (χ2n) is 7.43. The molecule has 0 unspecified atom stereocenters. The lowest BCUT2D eigenvalue weighted by Gasteiger charge is -2.10. The van der Waals surface area contributed by atoms with Crippen molar-refractivity contribution in [3.05, 3.63) is 48.3 Å². The van der Waals surface area contributed by atoms with E-state index in [0.29, 0.717) is 17.9 Å². The average molecular weight is 440 g/mol. The number of anilines is 2. The lowest BCUT2D eigenvalue weighted by atomic mass is 10.00. The number of fused-ring (bicyclic) bond motifs is 1. The number of rotatable bonds is 9. The van der Waals surface area contributed by atoms with Crippen molar-refractivity contribution in [2.75, 3.05) is 30.9 Å². The molecule has 1 atom stereocenters.